The first-order chi connectivity index (χ1) is 9.24. The summed E-state index contributed by atoms with van der Waals surface area (Å²) in [5, 5.41) is 0. The molecule has 2 nitrogen and oxygen atoms in total. The first-order valence-electron chi connectivity index (χ1n) is 6.36. The highest BCUT2D eigenvalue weighted by molar-refractivity contribution is 6.21. The van der Waals surface area contributed by atoms with Gasteiger partial charge in [0.15, 0.2) is 0 Å². The zero-order valence-corrected chi connectivity index (χ0v) is 11.2. The zero-order chi connectivity index (χ0) is 13.2. The number of hydrogen-bond acceptors (Lipinski definition) is 2. The van der Waals surface area contributed by atoms with Crippen LogP contribution in [0.25, 0.3) is 11.6 Å². The molecule has 0 unspecified atom stereocenters. The summed E-state index contributed by atoms with van der Waals surface area (Å²) in [7, 11) is 4.10. The Bertz CT molecular complexity index is 649. The van der Waals surface area contributed by atoms with Crippen LogP contribution in [0.2, 0.25) is 0 Å². The Hall–Kier alpha value is -2.35. The lowest BCUT2D eigenvalue weighted by Crippen LogP contribution is -2.07. The average Bonchev–Trinajstić information content (AvgIpc) is 2.83. The van der Waals surface area contributed by atoms with Crippen LogP contribution in [-0.2, 0) is 0 Å². The van der Waals surface area contributed by atoms with Crippen LogP contribution in [0.4, 0.5) is 11.4 Å². The van der Waals surface area contributed by atoms with Gasteiger partial charge in [-0.3, -0.25) is 4.99 Å². The van der Waals surface area contributed by atoms with Crippen LogP contribution in [0, 0.1) is 0 Å². The summed E-state index contributed by atoms with van der Waals surface area (Å²) >= 11 is 0. The first kappa shape index (κ1) is 11.7. The van der Waals surface area contributed by atoms with Gasteiger partial charge < -0.3 is 4.90 Å². The number of nitrogens with zero attached hydrogens (tertiary/aromatic N) is 2. The maximum Gasteiger partial charge on any atom is 0.0708 e. The summed E-state index contributed by atoms with van der Waals surface area (Å²) in [4.78, 5) is 6.52. The summed E-state index contributed by atoms with van der Waals surface area (Å²) in [5.74, 6) is 0. The van der Waals surface area contributed by atoms with E-state index in [9.17, 15) is 0 Å². The summed E-state index contributed by atoms with van der Waals surface area (Å²) < 4.78 is 0. The third kappa shape index (κ3) is 2.29. The highest BCUT2D eigenvalue weighted by atomic mass is 15.1. The lowest BCUT2D eigenvalue weighted by Gasteiger charge is -2.11. The van der Waals surface area contributed by atoms with E-state index in [2.05, 4.69) is 52.4 Å². The second-order valence-corrected chi connectivity index (χ2v) is 4.86. The molecule has 0 atom stereocenters. The number of fused-ring (bicyclic) bond motifs is 1. The summed E-state index contributed by atoms with van der Waals surface area (Å²) in [6.07, 6.45) is 4.11. The Labute approximate surface area is 113 Å². The van der Waals surface area contributed by atoms with Gasteiger partial charge in [-0.05, 0) is 29.8 Å². The van der Waals surface area contributed by atoms with Crippen molar-refractivity contribution in [1.29, 1.82) is 0 Å². The van der Waals surface area contributed by atoms with Crippen molar-refractivity contribution in [1.82, 2.24) is 0 Å². The molecule has 0 radical (unpaired) electrons. The maximum absolute atomic E-state index is 4.42. The van der Waals surface area contributed by atoms with E-state index in [4.69, 9.17) is 0 Å². The minimum Gasteiger partial charge on any atom is -0.378 e. The quantitative estimate of drug-likeness (QED) is 0.784. The number of anilines is 1. The molecule has 0 bridgehead atoms. The van der Waals surface area contributed by atoms with Crippen LogP contribution in [0.1, 0.15) is 11.1 Å². The van der Waals surface area contributed by atoms with E-state index in [0.717, 1.165) is 5.69 Å². The number of para-hydroxylation sites is 1. The minimum absolute atomic E-state index is 1.05. The van der Waals surface area contributed by atoms with Crippen LogP contribution in [0.15, 0.2) is 53.5 Å². The maximum atomic E-state index is 4.42. The van der Waals surface area contributed by atoms with Crippen molar-refractivity contribution in [3.63, 3.8) is 0 Å². The normalized spacial score (nSPS) is 14.7. The van der Waals surface area contributed by atoms with Crippen molar-refractivity contribution in [2.75, 3.05) is 19.0 Å². The predicted octanol–water partition coefficient (Wildman–Crippen LogP) is 4.01. The van der Waals surface area contributed by atoms with Gasteiger partial charge in [0.2, 0.25) is 0 Å². The van der Waals surface area contributed by atoms with E-state index in [1.807, 2.05) is 32.4 Å². The highest BCUT2D eigenvalue weighted by Gasteiger charge is 2.10. The van der Waals surface area contributed by atoms with E-state index >= 15 is 0 Å². The monoisotopic (exact) mass is 248 g/mol. The smallest absolute Gasteiger partial charge is 0.0708 e. The Balaban J connectivity index is 1.93. The van der Waals surface area contributed by atoms with Crippen molar-refractivity contribution in [3.05, 3.63) is 59.7 Å². The molecular formula is C17H16N2. The van der Waals surface area contributed by atoms with Crippen molar-refractivity contribution >= 4 is 29.2 Å². The summed E-state index contributed by atoms with van der Waals surface area (Å²) in [5.41, 5.74) is 5.84. The lowest BCUT2D eigenvalue weighted by atomic mass is 10.0. The fourth-order valence-electron chi connectivity index (χ4n) is 2.20. The van der Waals surface area contributed by atoms with Crippen LogP contribution in [0.5, 0.6) is 0 Å². The molecule has 0 fully saturated rings. The van der Waals surface area contributed by atoms with Gasteiger partial charge in [-0.2, -0.15) is 0 Å². The molecule has 0 saturated heterocycles. The number of rotatable bonds is 2. The molecule has 0 saturated carbocycles. The standard InChI is InChI=1S/C17H16N2/c1-19(2)15-9-7-13(8-10-15)11-14-12-18-17-6-4-3-5-16(14)17/h3-12H,1-2H3/b14-11+. The van der Waals surface area contributed by atoms with E-state index in [1.54, 1.807) is 0 Å². The van der Waals surface area contributed by atoms with Gasteiger partial charge in [0.05, 0.1) is 5.69 Å². The minimum atomic E-state index is 1.05. The molecule has 2 heteroatoms. The van der Waals surface area contributed by atoms with Crippen LogP contribution < -0.4 is 4.90 Å². The Morgan fingerprint density at radius 3 is 2.42 bits per heavy atom. The largest absolute Gasteiger partial charge is 0.378 e. The fourth-order valence-corrected chi connectivity index (χ4v) is 2.20. The Kier molecular flexibility index (Phi) is 2.92. The van der Waals surface area contributed by atoms with Gasteiger partial charge in [0.25, 0.3) is 0 Å². The number of hydrogen-bond donors (Lipinski definition) is 0. The number of benzene rings is 2. The molecule has 3 rings (SSSR count). The van der Waals surface area contributed by atoms with E-state index in [1.165, 1.54) is 22.4 Å². The first-order valence-corrected chi connectivity index (χ1v) is 6.36. The fraction of sp³-hybridized carbons (Fsp3) is 0.118. The molecule has 1 aliphatic heterocycles. The van der Waals surface area contributed by atoms with Crippen molar-refractivity contribution < 1.29 is 0 Å². The third-order valence-corrected chi connectivity index (χ3v) is 3.29. The molecule has 0 aliphatic carbocycles. The molecule has 19 heavy (non-hydrogen) atoms. The molecule has 0 spiro atoms. The highest BCUT2D eigenvalue weighted by Crippen LogP contribution is 2.32. The lowest BCUT2D eigenvalue weighted by molar-refractivity contribution is 1.13. The SMILES string of the molecule is CN(C)c1ccc(/C=C2\C=Nc3ccccc32)cc1. The van der Waals surface area contributed by atoms with Crippen molar-refractivity contribution in [2.45, 2.75) is 0 Å². The van der Waals surface area contributed by atoms with Gasteiger partial charge in [0.1, 0.15) is 0 Å². The van der Waals surface area contributed by atoms with Crippen molar-refractivity contribution in [3.8, 4) is 0 Å². The molecule has 1 aliphatic rings. The van der Waals surface area contributed by atoms with Gasteiger partial charge >= 0.3 is 0 Å². The number of allylic oxidation sites excluding steroid dienone is 1. The van der Waals surface area contributed by atoms with Crippen LogP contribution in [-0.4, -0.2) is 20.3 Å². The van der Waals surface area contributed by atoms with E-state index in [-0.39, 0.29) is 0 Å². The third-order valence-electron chi connectivity index (χ3n) is 3.29. The Morgan fingerprint density at radius 1 is 0.947 bits per heavy atom. The van der Waals surface area contributed by atoms with Gasteiger partial charge in [-0.1, -0.05) is 30.3 Å². The number of aliphatic imine (C=N–C) groups is 1. The molecular weight excluding hydrogens is 232 g/mol. The second kappa shape index (κ2) is 4.73. The molecule has 94 valence electrons. The predicted molar refractivity (Wildman–Crippen MR) is 83.2 cm³/mol. The second-order valence-electron chi connectivity index (χ2n) is 4.86. The summed E-state index contributed by atoms with van der Waals surface area (Å²) in [6.45, 7) is 0. The molecule has 1 heterocycles. The molecule has 2 aromatic carbocycles. The van der Waals surface area contributed by atoms with Gasteiger partial charge in [0, 0.05) is 37.1 Å². The molecule has 0 N–H and O–H groups in total. The molecule has 2 aromatic rings. The van der Waals surface area contributed by atoms with Gasteiger partial charge in [-0.15, -0.1) is 0 Å². The molecule has 0 aromatic heterocycles. The summed E-state index contributed by atoms with van der Waals surface area (Å²) in [6, 6.07) is 16.8. The average molecular weight is 248 g/mol. The Morgan fingerprint density at radius 2 is 1.68 bits per heavy atom. The van der Waals surface area contributed by atoms with Crippen LogP contribution >= 0.6 is 0 Å². The van der Waals surface area contributed by atoms with Crippen LogP contribution in [0.3, 0.4) is 0 Å². The topological polar surface area (TPSA) is 15.6 Å². The van der Waals surface area contributed by atoms with Crippen molar-refractivity contribution in [2.24, 2.45) is 4.99 Å². The van der Waals surface area contributed by atoms with Gasteiger partial charge in [-0.25, -0.2) is 0 Å². The molecule has 0 amide bonds. The van der Waals surface area contributed by atoms with E-state index < -0.39 is 0 Å². The van der Waals surface area contributed by atoms with E-state index in [0.29, 0.717) is 0 Å². The zero-order valence-electron chi connectivity index (χ0n) is 11.2.